The molecule has 7 nitrogen and oxygen atoms in total. The zero-order valence-electron chi connectivity index (χ0n) is 16.0. The highest BCUT2D eigenvalue weighted by atomic mass is 16.5. The molecule has 2 N–H and O–H groups in total. The molecule has 2 aromatic carbocycles. The molecular formula is C21H24N2O5. The number of ether oxygens (including phenoxy) is 2. The Morgan fingerprint density at radius 3 is 1.36 bits per heavy atom. The summed E-state index contributed by atoms with van der Waals surface area (Å²) in [4.78, 5) is 35.2. The van der Waals surface area contributed by atoms with Gasteiger partial charge in [-0.1, -0.05) is 24.3 Å². The molecule has 0 atom stereocenters. The van der Waals surface area contributed by atoms with E-state index >= 15 is 0 Å². The van der Waals surface area contributed by atoms with Crippen molar-refractivity contribution >= 4 is 18.0 Å². The van der Waals surface area contributed by atoms with Crippen LogP contribution in [0.25, 0.3) is 0 Å². The number of carbonyl (C=O) groups excluding carboxylic acids is 3. The molecule has 0 bridgehead atoms. The molecule has 28 heavy (non-hydrogen) atoms. The maximum Gasteiger partial charge on any atom is 0.338 e. The van der Waals surface area contributed by atoms with Crippen LogP contribution in [0.1, 0.15) is 45.7 Å². The summed E-state index contributed by atoms with van der Waals surface area (Å²) in [5.41, 5.74) is 2.67. The van der Waals surface area contributed by atoms with E-state index < -0.39 is 0 Å². The van der Waals surface area contributed by atoms with Crippen LogP contribution >= 0.6 is 0 Å². The molecule has 0 heterocycles. The predicted octanol–water partition coefficient (Wildman–Crippen LogP) is 3.04. The second kappa shape index (κ2) is 10.7. The minimum Gasteiger partial charge on any atom is -0.462 e. The number of urea groups is 1. The molecule has 0 spiro atoms. The third-order valence-electron chi connectivity index (χ3n) is 3.84. The molecule has 0 aliphatic rings. The van der Waals surface area contributed by atoms with Gasteiger partial charge in [0.2, 0.25) is 0 Å². The van der Waals surface area contributed by atoms with Gasteiger partial charge in [-0.05, 0) is 49.2 Å². The van der Waals surface area contributed by atoms with Crippen LogP contribution < -0.4 is 10.6 Å². The number of hydrogen-bond donors (Lipinski definition) is 2. The number of esters is 2. The second-order valence-electron chi connectivity index (χ2n) is 5.87. The van der Waals surface area contributed by atoms with Crippen molar-refractivity contribution < 1.29 is 23.9 Å². The smallest absolute Gasteiger partial charge is 0.338 e. The van der Waals surface area contributed by atoms with E-state index in [1.807, 2.05) is 0 Å². The van der Waals surface area contributed by atoms with E-state index in [1.165, 1.54) is 0 Å². The van der Waals surface area contributed by atoms with E-state index in [0.29, 0.717) is 37.4 Å². The van der Waals surface area contributed by atoms with Crippen molar-refractivity contribution in [2.45, 2.75) is 26.9 Å². The standard InChI is InChI=1S/C21H24N2O5/c1-3-27-19(24)17-9-5-15(6-10-17)13-22-21(26)23-14-16-7-11-18(12-8-16)20(25)28-4-2/h5-12H,3-4,13-14H2,1-2H3,(H2,22,23,26). The summed E-state index contributed by atoms with van der Waals surface area (Å²) < 4.78 is 9.86. The molecular weight excluding hydrogens is 360 g/mol. The van der Waals surface area contributed by atoms with E-state index in [0.717, 1.165) is 11.1 Å². The number of amides is 2. The van der Waals surface area contributed by atoms with E-state index in [2.05, 4.69) is 10.6 Å². The van der Waals surface area contributed by atoms with Crippen LogP contribution in [0.4, 0.5) is 4.79 Å². The summed E-state index contributed by atoms with van der Waals surface area (Å²) in [6.07, 6.45) is 0. The van der Waals surface area contributed by atoms with Crippen LogP contribution in [0.3, 0.4) is 0 Å². The Morgan fingerprint density at radius 1 is 0.679 bits per heavy atom. The average molecular weight is 384 g/mol. The minimum atomic E-state index is -0.367. The first-order valence-corrected chi connectivity index (χ1v) is 9.07. The quantitative estimate of drug-likeness (QED) is 0.683. The van der Waals surface area contributed by atoms with Gasteiger partial charge in [-0.25, -0.2) is 14.4 Å². The highest BCUT2D eigenvalue weighted by Crippen LogP contribution is 2.07. The molecule has 0 aromatic heterocycles. The average Bonchev–Trinajstić information content (AvgIpc) is 2.72. The lowest BCUT2D eigenvalue weighted by molar-refractivity contribution is 0.0516. The largest absolute Gasteiger partial charge is 0.462 e. The SMILES string of the molecule is CCOC(=O)c1ccc(CNC(=O)NCc2ccc(C(=O)OCC)cc2)cc1. The topological polar surface area (TPSA) is 93.7 Å². The molecule has 7 heteroatoms. The summed E-state index contributed by atoms with van der Waals surface area (Å²) in [6.45, 7) is 4.82. The molecule has 0 radical (unpaired) electrons. The summed E-state index contributed by atoms with van der Waals surface area (Å²) in [6, 6.07) is 13.4. The van der Waals surface area contributed by atoms with Crippen LogP contribution in [0, 0.1) is 0 Å². The molecule has 0 saturated carbocycles. The van der Waals surface area contributed by atoms with Gasteiger partial charge in [0, 0.05) is 13.1 Å². The van der Waals surface area contributed by atoms with Crippen molar-refractivity contribution in [3.63, 3.8) is 0 Å². The predicted molar refractivity (Wildman–Crippen MR) is 104 cm³/mol. The van der Waals surface area contributed by atoms with Crippen molar-refractivity contribution in [2.75, 3.05) is 13.2 Å². The van der Waals surface area contributed by atoms with Gasteiger partial charge in [0.25, 0.3) is 0 Å². The molecule has 2 amide bonds. The fourth-order valence-corrected chi connectivity index (χ4v) is 2.37. The lowest BCUT2D eigenvalue weighted by atomic mass is 10.1. The van der Waals surface area contributed by atoms with E-state index in [-0.39, 0.29) is 18.0 Å². The summed E-state index contributed by atoms with van der Waals surface area (Å²) in [7, 11) is 0. The van der Waals surface area contributed by atoms with E-state index in [1.54, 1.807) is 62.4 Å². The maximum absolute atomic E-state index is 11.9. The minimum absolute atomic E-state index is 0.316. The first-order valence-electron chi connectivity index (χ1n) is 9.07. The molecule has 0 saturated heterocycles. The van der Waals surface area contributed by atoms with Gasteiger partial charge in [0.05, 0.1) is 24.3 Å². The Kier molecular flexibility index (Phi) is 8.02. The first-order chi connectivity index (χ1) is 13.5. The van der Waals surface area contributed by atoms with Crippen LogP contribution in [0.2, 0.25) is 0 Å². The summed E-state index contributed by atoms with van der Waals surface area (Å²) in [5.74, 6) is -0.734. The van der Waals surface area contributed by atoms with Gasteiger partial charge >= 0.3 is 18.0 Å². The Bertz CT molecular complexity index is 733. The Morgan fingerprint density at radius 2 is 1.04 bits per heavy atom. The summed E-state index contributed by atoms with van der Waals surface area (Å²) in [5, 5.41) is 5.50. The fraction of sp³-hybridized carbons (Fsp3) is 0.286. The molecule has 2 rings (SSSR count). The molecule has 2 aromatic rings. The number of benzene rings is 2. The van der Waals surface area contributed by atoms with Gasteiger partial charge in [-0.15, -0.1) is 0 Å². The van der Waals surface area contributed by atoms with Crippen molar-refractivity contribution in [1.82, 2.24) is 10.6 Å². The van der Waals surface area contributed by atoms with E-state index in [9.17, 15) is 14.4 Å². The Hall–Kier alpha value is -3.35. The first kappa shape index (κ1) is 21.0. The van der Waals surface area contributed by atoms with Crippen molar-refractivity contribution in [2.24, 2.45) is 0 Å². The highest BCUT2D eigenvalue weighted by molar-refractivity contribution is 5.89. The number of hydrogen-bond acceptors (Lipinski definition) is 5. The monoisotopic (exact) mass is 384 g/mol. The summed E-state index contributed by atoms with van der Waals surface area (Å²) >= 11 is 0. The van der Waals surface area contributed by atoms with Gasteiger partial charge in [0.1, 0.15) is 0 Å². The van der Waals surface area contributed by atoms with Gasteiger partial charge in [-0.2, -0.15) is 0 Å². The van der Waals surface area contributed by atoms with Crippen LogP contribution in [0.15, 0.2) is 48.5 Å². The number of rotatable bonds is 8. The molecule has 0 aliphatic heterocycles. The van der Waals surface area contributed by atoms with E-state index in [4.69, 9.17) is 9.47 Å². The van der Waals surface area contributed by atoms with Crippen molar-refractivity contribution in [3.05, 3.63) is 70.8 Å². The lowest BCUT2D eigenvalue weighted by Gasteiger charge is -2.09. The molecule has 0 aliphatic carbocycles. The third kappa shape index (κ3) is 6.42. The number of carbonyl (C=O) groups is 3. The van der Waals surface area contributed by atoms with Crippen LogP contribution in [-0.4, -0.2) is 31.2 Å². The van der Waals surface area contributed by atoms with Crippen molar-refractivity contribution in [1.29, 1.82) is 0 Å². The second-order valence-corrected chi connectivity index (χ2v) is 5.87. The molecule has 0 fully saturated rings. The van der Waals surface area contributed by atoms with Gasteiger partial charge < -0.3 is 20.1 Å². The molecule has 148 valence electrons. The Balaban J connectivity index is 1.76. The third-order valence-corrected chi connectivity index (χ3v) is 3.84. The van der Waals surface area contributed by atoms with Crippen LogP contribution in [-0.2, 0) is 22.6 Å². The number of nitrogens with one attached hydrogen (secondary N) is 2. The van der Waals surface area contributed by atoms with Gasteiger partial charge in [0.15, 0.2) is 0 Å². The van der Waals surface area contributed by atoms with Gasteiger partial charge in [-0.3, -0.25) is 0 Å². The maximum atomic E-state index is 11.9. The molecule has 0 unspecified atom stereocenters. The Labute approximate surface area is 164 Å². The fourth-order valence-electron chi connectivity index (χ4n) is 2.37. The highest BCUT2D eigenvalue weighted by Gasteiger charge is 2.08. The zero-order valence-corrected chi connectivity index (χ0v) is 16.0. The normalized spacial score (nSPS) is 10.1. The van der Waals surface area contributed by atoms with Crippen molar-refractivity contribution in [3.8, 4) is 0 Å². The zero-order chi connectivity index (χ0) is 20.4. The lowest BCUT2D eigenvalue weighted by Crippen LogP contribution is -2.34. The van der Waals surface area contributed by atoms with Crippen LogP contribution in [0.5, 0.6) is 0 Å².